The summed E-state index contributed by atoms with van der Waals surface area (Å²) in [6, 6.07) is 8.32. The smallest absolute Gasteiger partial charge is 0.103 e. The van der Waals surface area contributed by atoms with Gasteiger partial charge >= 0.3 is 0 Å². The third-order valence-corrected chi connectivity index (χ3v) is 4.75. The molecule has 19 heavy (non-hydrogen) atoms. The molecule has 3 rings (SSSR count). The molecule has 1 aromatic carbocycles. The molecule has 1 saturated carbocycles. The lowest BCUT2D eigenvalue weighted by molar-refractivity contribution is 0.0947. The van der Waals surface area contributed by atoms with Gasteiger partial charge in [0.2, 0.25) is 0 Å². The molecular weight excluding hydrogens is 256 g/mol. The minimum absolute atomic E-state index is 0.401. The molecule has 1 saturated heterocycles. The zero-order valence-electron chi connectivity index (χ0n) is 11.0. The Kier molecular flexibility index (Phi) is 3.56. The Balaban J connectivity index is 1.63. The van der Waals surface area contributed by atoms with Crippen LogP contribution < -0.4 is 5.73 Å². The number of fused-ring (bicyclic) bond motifs is 2. The first-order valence-corrected chi connectivity index (χ1v) is 7.36. The average Bonchev–Trinajstić information content (AvgIpc) is 3.01. The minimum Gasteiger partial charge on any atom is -0.389 e. The summed E-state index contributed by atoms with van der Waals surface area (Å²) in [4.78, 5) is 2.85. The van der Waals surface area contributed by atoms with Crippen LogP contribution in [0, 0.1) is 5.92 Å². The number of nitrogens with zero attached hydrogens (tertiary/aromatic N) is 1. The van der Waals surface area contributed by atoms with Gasteiger partial charge in [-0.2, -0.15) is 0 Å². The van der Waals surface area contributed by atoms with Crippen LogP contribution in [-0.4, -0.2) is 34.1 Å². The van der Waals surface area contributed by atoms with E-state index in [0.717, 1.165) is 30.1 Å². The molecule has 4 heteroatoms. The zero-order valence-corrected chi connectivity index (χ0v) is 11.8. The number of piperidine rings is 1. The summed E-state index contributed by atoms with van der Waals surface area (Å²) >= 11 is 4.93. The third kappa shape index (κ3) is 2.66. The van der Waals surface area contributed by atoms with Gasteiger partial charge in [-0.1, -0.05) is 36.5 Å². The first kappa shape index (κ1) is 13.0. The van der Waals surface area contributed by atoms with E-state index in [9.17, 15) is 5.11 Å². The van der Waals surface area contributed by atoms with Crippen LogP contribution in [0.4, 0.5) is 0 Å². The second kappa shape index (κ2) is 5.19. The number of aliphatic hydroxyl groups excluding tert-OH is 1. The van der Waals surface area contributed by atoms with Gasteiger partial charge in [0, 0.05) is 24.7 Å². The highest BCUT2D eigenvalue weighted by Gasteiger charge is 2.38. The summed E-state index contributed by atoms with van der Waals surface area (Å²) in [5.41, 5.74) is 7.37. The van der Waals surface area contributed by atoms with E-state index in [1.165, 1.54) is 19.3 Å². The molecule has 2 bridgehead atoms. The Labute approximate surface area is 119 Å². The van der Waals surface area contributed by atoms with Gasteiger partial charge in [-0.25, -0.2) is 0 Å². The SMILES string of the molecule is NC(=S)c1ccc(C(O)CN2CC3CCC2C3)cc1. The first-order chi connectivity index (χ1) is 9.13. The number of rotatable bonds is 4. The number of nitrogens with two attached hydrogens (primary N) is 1. The lowest BCUT2D eigenvalue weighted by Crippen LogP contribution is -2.35. The molecule has 3 N–H and O–H groups in total. The van der Waals surface area contributed by atoms with E-state index in [0.29, 0.717) is 11.0 Å². The van der Waals surface area contributed by atoms with Crippen molar-refractivity contribution < 1.29 is 5.11 Å². The molecule has 3 nitrogen and oxygen atoms in total. The number of likely N-dealkylation sites (tertiary alicyclic amines) is 1. The molecule has 0 radical (unpaired) electrons. The van der Waals surface area contributed by atoms with Crippen molar-refractivity contribution in [2.45, 2.75) is 31.4 Å². The van der Waals surface area contributed by atoms with Crippen molar-refractivity contribution in [2.75, 3.05) is 13.1 Å². The van der Waals surface area contributed by atoms with Crippen LogP contribution >= 0.6 is 12.2 Å². The molecule has 102 valence electrons. The molecular formula is C15H20N2OS. The van der Waals surface area contributed by atoms with Crippen LogP contribution in [0.3, 0.4) is 0 Å². The van der Waals surface area contributed by atoms with E-state index >= 15 is 0 Å². The Morgan fingerprint density at radius 3 is 2.63 bits per heavy atom. The highest BCUT2D eigenvalue weighted by molar-refractivity contribution is 7.80. The van der Waals surface area contributed by atoms with Gasteiger partial charge in [-0.05, 0) is 30.7 Å². The quantitative estimate of drug-likeness (QED) is 0.824. The molecule has 0 amide bonds. The van der Waals surface area contributed by atoms with Gasteiger partial charge < -0.3 is 10.8 Å². The van der Waals surface area contributed by atoms with Crippen molar-refractivity contribution in [3.05, 3.63) is 35.4 Å². The lowest BCUT2D eigenvalue weighted by Gasteiger charge is -2.29. The average molecular weight is 276 g/mol. The Hall–Kier alpha value is -0.970. The number of β-amino-alcohol motifs (C(OH)–C–C–N with tert-alkyl or cyclic N) is 1. The zero-order chi connectivity index (χ0) is 13.4. The standard InChI is InChI=1S/C15H20N2OS/c16-15(19)12-4-2-11(3-5-12)14(18)9-17-8-10-1-6-13(17)7-10/h2-5,10,13-14,18H,1,6-9H2,(H2,16,19). The normalized spacial score (nSPS) is 27.6. The van der Waals surface area contributed by atoms with Crippen molar-refractivity contribution in [3.8, 4) is 0 Å². The van der Waals surface area contributed by atoms with Gasteiger partial charge in [0.25, 0.3) is 0 Å². The number of hydrogen-bond donors (Lipinski definition) is 2. The van der Waals surface area contributed by atoms with Crippen molar-refractivity contribution in [1.82, 2.24) is 4.90 Å². The molecule has 0 aromatic heterocycles. The van der Waals surface area contributed by atoms with Crippen LogP contribution in [0.15, 0.2) is 24.3 Å². The maximum atomic E-state index is 10.3. The summed E-state index contributed by atoms with van der Waals surface area (Å²) in [5, 5.41) is 10.3. The van der Waals surface area contributed by atoms with E-state index in [1.54, 1.807) is 0 Å². The molecule has 0 spiro atoms. The van der Waals surface area contributed by atoms with Crippen molar-refractivity contribution in [2.24, 2.45) is 11.7 Å². The number of benzene rings is 1. The monoisotopic (exact) mass is 276 g/mol. The van der Waals surface area contributed by atoms with Gasteiger partial charge in [-0.3, -0.25) is 4.90 Å². The topological polar surface area (TPSA) is 49.5 Å². The van der Waals surface area contributed by atoms with E-state index in [1.807, 2.05) is 24.3 Å². The van der Waals surface area contributed by atoms with E-state index in [2.05, 4.69) is 4.90 Å². The summed E-state index contributed by atoms with van der Waals surface area (Å²) in [6.45, 7) is 1.90. The number of hydrogen-bond acceptors (Lipinski definition) is 3. The fraction of sp³-hybridized carbons (Fsp3) is 0.533. The van der Waals surface area contributed by atoms with Crippen molar-refractivity contribution in [3.63, 3.8) is 0 Å². The fourth-order valence-corrected chi connectivity index (χ4v) is 3.58. The molecule has 3 atom stereocenters. The van der Waals surface area contributed by atoms with Crippen molar-refractivity contribution in [1.29, 1.82) is 0 Å². The predicted molar refractivity (Wildman–Crippen MR) is 80.0 cm³/mol. The largest absolute Gasteiger partial charge is 0.389 e. The minimum atomic E-state index is -0.417. The van der Waals surface area contributed by atoms with Crippen LogP contribution in [0.1, 0.15) is 36.5 Å². The van der Waals surface area contributed by atoms with Crippen LogP contribution in [0.5, 0.6) is 0 Å². The molecule has 1 aromatic rings. The van der Waals surface area contributed by atoms with E-state index < -0.39 is 6.10 Å². The summed E-state index contributed by atoms with van der Waals surface area (Å²) in [7, 11) is 0. The second-order valence-electron chi connectivity index (χ2n) is 5.79. The highest BCUT2D eigenvalue weighted by Crippen LogP contribution is 2.38. The molecule has 3 unspecified atom stereocenters. The molecule has 2 fully saturated rings. The van der Waals surface area contributed by atoms with Gasteiger partial charge in [0.1, 0.15) is 4.99 Å². The number of aliphatic hydroxyl groups is 1. The van der Waals surface area contributed by atoms with Gasteiger partial charge in [0.05, 0.1) is 6.10 Å². The van der Waals surface area contributed by atoms with Crippen LogP contribution in [0.2, 0.25) is 0 Å². The Morgan fingerprint density at radius 2 is 2.11 bits per heavy atom. The second-order valence-corrected chi connectivity index (χ2v) is 6.23. The Morgan fingerprint density at radius 1 is 1.37 bits per heavy atom. The highest BCUT2D eigenvalue weighted by atomic mass is 32.1. The summed E-state index contributed by atoms with van der Waals surface area (Å²) in [6.07, 6.45) is 3.59. The predicted octanol–water partition coefficient (Wildman–Crippen LogP) is 1.84. The molecule has 1 heterocycles. The van der Waals surface area contributed by atoms with Gasteiger partial charge in [0.15, 0.2) is 0 Å². The maximum absolute atomic E-state index is 10.3. The van der Waals surface area contributed by atoms with E-state index in [-0.39, 0.29) is 0 Å². The summed E-state index contributed by atoms with van der Waals surface area (Å²) < 4.78 is 0. The molecule has 2 aliphatic rings. The van der Waals surface area contributed by atoms with Crippen LogP contribution in [0.25, 0.3) is 0 Å². The van der Waals surface area contributed by atoms with Crippen molar-refractivity contribution >= 4 is 17.2 Å². The lowest BCUT2D eigenvalue weighted by atomic mass is 10.0. The van der Waals surface area contributed by atoms with Gasteiger partial charge in [-0.15, -0.1) is 0 Å². The Bertz CT molecular complexity index is 474. The van der Waals surface area contributed by atoms with E-state index in [4.69, 9.17) is 18.0 Å². The number of thiocarbonyl (C=S) groups is 1. The first-order valence-electron chi connectivity index (χ1n) is 6.95. The molecule has 1 aliphatic carbocycles. The third-order valence-electron chi connectivity index (χ3n) is 4.51. The van der Waals surface area contributed by atoms with Crippen LogP contribution in [-0.2, 0) is 0 Å². The maximum Gasteiger partial charge on any atom is 0.103 e. The summed E-state index contributed by atoms with van der Waals surface area (Å²) in [5.74, 6) is 0.870. The molecule has 1 aliphatic heterocycles. The fourth-order valence-electron chi connectivity index (χ4n) is 3.45.